The maximum atomic E-state index is 11.2. The molecule has 6 nitrogen and oxygen atoms in total. The van der Waals surface area contributed by atoms with Crippen molar-refractivity contribution in [1.29, 1.82) is 0 Å². The molecule has 0 aliphatic carbocycles. The molecule has 6 heteroatoms. The lowest BCUT2D eigenvalue weighted by molar-refractivity contribution is -0.143. The Morgan fingerprint density at radius 3 is 2.22 bits per heavy atom. The number of rotatable bonds is 6. The van der Waals surface area contributed by atoms with Crippen LogP contribution >= 0.6 is 0 Å². The Labute approximate surface area is 107 Å². The molecule has 102 valence electrons. The summed E-state index contributed by atoms with van der Waals surface area (Å²) in [5.41, 5.74) is 0. The first-order valence-electron chi connectivity index (χ1n) is 5.60. The van der Waals surface area contributed by atoms with Crippen LogP contribution in [0.15, 0.2) is 12.2 Å². The number of amides is 1. The number of esters is 2. The van der Waals surface area contributed by atoms with E-state index in [0.29, 0.717) is 6.54 Å². The average molecular weight is 257 g/mol. The molecular formula is C12H19NO5. The van der Waals surface area contributed by atoms with Gasteiger partial charge in [-0.25, -0.2) is 9.59 Å². The molecule has 0 atom stereocenters. The SMILES string of the molecule is CC(=O)N(C)CCOC(=O)/C=C/C(=O)OC(C)C. The number of hydrogen-bond donors (Lipinski definition) is 0. The fourth-order valence-corrected chi connectivity index (χ4v) is 0.896. The van der Waals surface area contributed by atoms with Gasteiger partial charge in [-0.1, -0.05) is 0 Å². The van der Waals surface area contributed by atoms with Gasteiger partial charge in [-0.05, 0) is 13.8 Å². The van der Waals surface area contributed by atoms with E-state index in [1.54, 1.807) is 20.9 Å². The maximum absolute atomic E-state index is 11.2. The van der Waals surface area contributed by atoms with E-state index >= 15 is 0 Å². The van der Waals surface area contributed by atoms with Crippen molar-refractivity contribution in [2.75, 3.05) is 20.2 Å². The second-order valence-electron chi connectivity index (χ2n) is 3.93. The molecule has 0 saturated heterocycles. The number of nitrogens with zero attached hydrogens (tertiary/aromatic N) is 1. The van der Waals surface area contributed by atoms with Crippen LogP contribution < -0.4 is 0 Å². The van der Waals surface area contributed by atoms with Gasteiger partial charge in [0, 0.05) is 26.1 Å². The van der Waals surface area contributed by atoms with E-state index in [-0.39, 0.29) is 18.6 Å². The molecule has 0 fully saturated rings. The molecule has 0 saturated carbocycles. The summed E-state index contributed by atoms with van der Waals surface area (Å²) in [6.45, 7) is 5.23. The molecule has 0 heterocycles. The second kappa shape index (κ2) is 8.27. The maximum Gasteiger partial charge on any atom is 0.331 e. The van der Waals surface area contributed by atoms with Crippen LogP contribution in [-0.4, -0.2) is 49.0 Å². The number of hydrogen-bond acceptors (Lipinski definition) is 5. The molecule has 0 aromatic rings. The van der Waals surface area contributed by atoms with Crippen molar-refractivity contribution in [2.45, 2.75) is 26.9 Å². The first-order valence-corrected chi connectivity index (χ1v) is 5.60. The molecule has 0 aromatic carbocycles. The van der Waals surface area contributed by atoms with Gasteiger partial charge in [-0.15, -0.1) is 0 Å². The van der Waals surface area contributed by atoms with Crippen molar-refractivity contribution in [3.05, 3.63) is 12.2 Å². The van der Waals surface area contributed by atoms with E-state index in [1.807, 2.05) is 0 Å². The highest BCUT2D eigenvalue weighted by molar-refractivity contribution is 5.91. The lowest BCUT2D eigenvalue weighted by Crippen LogP contribution is -2.28. The van der Waals surface area contributed by atoms with E-state index in [0.717, 1.165) is 12.2 Å². The zero-order chi connectivity index (χ0) is 14.1. The number of ether oxygens (including phenoxy) is 2. The largest absolute Gasteiger partial charge is 0.461 e. The summed E-state index contributed by atoms with van der Waals surface area (Å²) < 4.78 is 9.58. The normalized spacial score (nSPS) is 10.5. The molecule has 18 heavy (non-hydrogen) atoms. The molecule has 0 aliphatic heterocycles. The highest BCUT2D eigenvalue weighted by Gasteiger charge is 2.05. The summed E-state index contributed by atoms with van der Waals surface area (Å²) >= 11 is 0. The Kier molecular flexibility index (Phi) is 7.42. The smallest absolute Gasteiger partial charge is 0.331 e. The van der Waals surface area contributed by atoms with Crippen LogP contribution in [0.1, 0.15) is 20.8 Å². The first kappa shape index (κ1) is 16.1. The Hall–Kier alpha value is -1.85. The molecule has 0 rings (SSSR count). The summed E-state index contributed by atoms with van der Waals surface area (Å²) in [4.78, 5) is 34.5. The highest BCUT2D eigenvalue weighted by Crippen LogP contribution is 1.92. The van der Waals surface area contributed by atoms with Gasteiger partial charge >= 0.3 is 11.9 Å². The van der Waals surface area contributed by atoms with Gasteiger partial charge < -0.3 is 14.4 Å². The summed E-state index contributed by atoms with van der Waals surface area (Å²) in [6.07, 6.45) is 1.78. The van der Waals surface area contributed by atoms with Gasteiger partial charge in [-0.3, -0.25) is 4.79 Å². The Bertz CT molecular complexity index is 335. The molecule has 0 N–H and O–H groups in total. The van der Waals surface area contributed by atoms with Crippen LogP contribution in [0, 0.1) is 0 Å². The topological polar surface area (TPSA) is 72.9 Å². The summed E-state index contributed by atoms with van der Waals surface area (Å²) in [5, 5.41) is 0. The lowest BCUT2D eigenvalue weighted by Gasteiger charge is -2.13. The van der Waals surface area contributed by atoms with E-state index in [2.05, 4.69) is 0 Å². The summed E-state index contributed by atoms with van der Waals surface area (Å²) in [5.74, 6) is -1.35. The third kappa shape index (κ3) is 8.32. The van der Waals surface area contributed by atoms with Crippen LogP contribution in [0.4, 0.5) is 0 Å². The number of carbonyl (C=O) groups is 3. The van der Waals surface area contributed by atoms with Crippen LogP contribution in [0.25, 0.3) is 0 Å². The van der Waals surface area contributed by atoms with E-state index in [4.69, 9.17) is 9.47 Å². The lowest BCUT2D eigenvalue weighted by atomic mass is 10.4. The Balaban J connectivity index is 3.87. The standard InChI is InChI=1S/C12H19NO5/c1-9(2)18-12(16)6-5-11(15)17-8-7-13(4)10(3)14/h5-6,9H,7-8H2,1-4H3/b6-5+. The molecule has 0 unspecified atom stereocenters. The van der Waals surface area contributed by atoms with Crippen LogP contribution in [-0.2, 0) is 23.9 Å². The van der Waals surface area contributed by atoms with Crippen LogP contribution in [0.3, 0.4) is 0 Å². The van der Waals surface area contributed by atoms with Crippen LogP contribution in [0.2, 0.25) is 0 Å². The predicted molar refractivity (Wildman–Crippen MR) is 64.6 cm³/mol. The number of carbonyl (C=O) groups excluding carboxylic acids is 3. The van der Waals surface area contributed by atoms with E-state index in [1.165, 1.54) is 11.8 Å². The van der Waals surface area contributed by atoms with Crippen molar-refractivity contribution in [1.82, 2.24) is 4.90 Å². The average Bonchev–Trinajstić information content (AvgIpc) is 2.25. The van der Waals surface area contributed by atoms with Crippen molar-refractivity contribution >= 4 is 17.8 Å². The van der Waals surface area contributed by atoms with Crippen molar-refractivity contribution < 1.29 is 23.9 Å². The van der Waals surface area contributed by atoms with Crippen molar-refractivity contribution in [3.8, 4) is 0 Å². The van der Waals surface area contributed by atoms with Gasteiger partial charge in [-0.2, -0.15) is 0 Å². The van der Waals surface area contributed by atoms with E-state index in [9.17, 15) is 14.4 Å². The number of likely N-dealkylation sites (N-methyl/N-ethyl adjacent to an activating group) is 1. The molecule has 0 aliphatic rings. The monoisotopic (exact) mass is 257 g/mol. The van der Waals surface area contributed by atoms with Crippen molar-refractivity contribution in [3.63, 3.8) is 0 Å². The summed E-state index contributed by atoms with van der Waals surface area (Å²) in [6, 6.07) is 0. The zero-order valence-corrected chi connectivity index (χ0v) is 11.1. The molecule has 0 aromatic heterocycles. The molecule has 1 amide bonds. The molecule has 0 radical (unpaired) electrons. The minimum absolute atomic E-state index is 0.0818. The fraction of sp³-hybridized carbons (Fsp3) is 0.583. The highest BCUT2D eigenvalue weighted by atomic mass is 16.5. The third-order valence-corrected chi connectivity index (χ3v) is 1.92. The van der Waals surface area contributed by atoms with Crippen molar-refractivity contribution in [2.24, 2.45) is 0 Å². The quantitative estimate of drug-likeness (QED) is 0.512. The zero-order valence-electron chi connectivity index (χ0n) is 11.1. The second-order valence-corrected chi connectivity index (χ2v) is 3.93. The molecule has 0 bridgehead atoms. The first-order chi connectivity index (χ1) is 8.32. The molecule has 0 spiro atoms. The fourth-order valence-electron chi connectivity index (χ4n) is 0.896. The summed E-state index contributed by atoms with van der Waals surface area (Å²) in [7, 11) is 1.60. The van der Waals surface area contributed by atoms with Gasteiger partial charge in [0.1, 0.15) is 6.61 Å². The third-order valence-electron chi connectivity index (χ3n) is 1.92. The van der Waals surface area contributed by atoms with Gasteiger partial charge in [0.25, 0.3) is 0 Å². The minimum atomic E-state index is -0.646. The predicted octanol–water partition coefficient (Wildman–Crippen LogP) is 0.516. The van der Waals surface area contributed by atoms with Gasteiger partial charge in [0.05, 0.1) is 12.6 Å². The van der Waals surface area contributed by atoms with Crippen LogP contribution in [0.5, 0.6) is 0 Å². The molecular weight excluding hydrogens is 238 g/mol. The van der Waals surface area contributed by atoms with Gasteiger partial charge in [0.15, 0.2) is 0 Å². The Morgan fingerprint density at radius 1 is 1.17 bits per heavy atom. The van der Waals surface area contributed by atoms with E-state index < -0.39 is 11.9 Å². The van der Waals surface area contributed by atoms with Gasteiger partial charge in [0.2, 0.25) is 5.91 Å². The minimum Gasteiger partial charge on any atom is -0.461 e. The Morgan fingerprint density at radius 2 is 1.72 bits per heavy atom.